The highest BCUT2D eigenvalue weighted by atomic mass is 16.5. The van der Waals surface area contributed by atoms with Gasteiger partial charge in [-0.25, -0.2) is 0 Å². The average molecular weight is 624 g/mol. The molecule has 0 bridgehead atoms. The van der Waals surface area contributed by atoms with Crippen molar-refractivity contribution < 1.29 is 9.31 Å². The predicted molar refractivity (Wildman–Crippen MR) is 199 cm³/mol. The van der Waals surface area contributed by atoms with Gasteiger partial charge < -0.3 is 9.64 Å². The van der Waals surface area contributed by atoms with Crippen LogP contribution in [0.2, 0.25) is 0 Å². The van der Waals surface area contributed by atoms with E-state index in [1.165, 1.54) is 108 Å². The lowest BCUT2D eigenvalue weighted by molar-refractivity contribution is -0.400. The number of fused-ring (bicyclic) bond motifs is 5. The topological polar surface area (TPSA) is 15.5 Å². The number of para-hydroxylation sites is 1. The molecule has 3 aliphatic rings. The normalized spacial score (nSPS) is 20.9. The predicted octanol–water partition coefficient (Wildman–Crippen LogP) is 10.8. The van der Waals surface area contributed by atoms with Crippen molar-refractivity contribution in [2.75, 3.05) is 25.6 Å². The molecule has 3 nitrogen and oxygen atoms in total. The molecule has 1 aliphatic carbocycles. The Kier molecular flexibility index (Phi) is 8.83. The lowest BCUT2D eigenvalue weighted by Crippen LogP contribution is -2.36. The first-order valence-electron chi connectivity index (χ1n) is 18.0. The number of benzene rings is 4. The van der Waals surface area contributed by atoms with E-state index in [1.807, 2.05) is 0 Å². The van der Waals surface area contributed by atoms with Crippen LogP contribution in [0.5, 0.6) is 5.75 Å². The summed E-state index contributed by atoms with van der Waals surface area (Å²) in [4.78, 5) is 2.64. The van der Waals surface area contributed by atoms with Gasteiger partial charge in [0.2, 0.25) is 5.69 Å². The van der Waals surface area contributed by atoms with Gasteiger partial charge in [-0.1, -0.05) is 112 Å². The minimum absolute atomic E-state index is 0.0895. The Labute approximate surface area is 282 Å². The summed E-state index contributed by atoms with van der Waals surface area (Å²) in [5, 5.41) is 2.70. The van der Waals surface area contributed by atoms with Crippen LogP contribution in [0.3, 0.4) is 0 Å². The minimum atomic E-state index is -0.145. The number of rotatable bonds is 10. The Morgan fingerprint density at radius 2 is 1.60 bits per heavy atom. The largest absolute Gasteiger partial charge is 0.497 e. The van der Waals surface area contributed by atoms with Crippen LogP contribution < -0.4 is 9.64 Å². The van der Waals surface area contributed by atoms with E-state index in [-0.39, 0.29) is 10.8 Å². The monoisotopic (exact) mass is 623 g/mol. The molecule has 0 N–H and O–H groups in total. The van der Waals surface area contributed by atoms with Gasteiger partial charge in [-0.15, -0.1) is 0 Å². The molecule has 1 unspecified atom stereocenters. The molecule has 0 amide bonds. The van der Waals surface area contributed by atoms with Gasteiger partial charge in [0.15, 0.2) is 5.71 Å². The van der Waals surface area contributed by atoms with Crippen LogP contribution in [0.4, 0.5) is 11.4 Å². The summed E-state index contributed by atoms with van der Waals surface area (Å²) in [5.41, 5.74) is 9.88. The number of hydrogen-bond acceptors (Lipinski definition) is 2. The third kappa shape index (κ3) is 5.52. The van der Waals surface area contributed by atoms with E-state index in [9.17, 15) is 0 Å². The Morgan fingerprint density at radius 1 is 0.830 bits per heavy atom. The standard InChI is InChI=1S/C44H51N2O/c1-5-6-7-15-31-46-39-20-12-11-19-37(39)43(2,32-33-23-26-35(47-4)27-24-33)40(46)21-16-22-41-44(29-13-8-14-30-44)38-28-25-34-17-9-10-18-36(34)42(38)45(41)3/h9-12,16-28H,5-8,13-15,29-32H2,1-4H3/q+1. The highest BCUT2D eigenvalue weighted by Crippen LogP contribution is 2.52. The van der Waals surface area contributed by atoms with Crippen LogP contribution in [-0.2, 0) is 17.3 Å². The van der Waals surface area contributed by atoms with E-state index in [1.54, 1.807) is 7.11 Å². The quantitative estimate of drug-likeness (QED) is 0.129. The zero-order chi connectivity index (χ0) is 32.4. The first-order valence-corrected chi connectivity index (χ1v) is 18.0. The molecule has 242 valence electrons. The molecule has 2 aliphatic heterocycles. The van der Waals surface area contributed by atoms with Crippen LogP contribution in [0.15, 0.2) is 109 Å². The maximum atomic E-state index is 5.49. The number of methoxy groups -OCH3 is 1. The molecular weight excluding hydrogens is 572 g/mol. The van der Waals surface area contributed by atoms with Crippen molar-refractivity contribution in [3.8, 4) is 5.75 Å². The number of anilines is 1. The number of ether oxygens (including phenoxy) is 1. The summed E-state index contributed by atoms with van der Waals surface area (Å²) in [6.07, 6.45) is 19.6. The second-order valence-corrected chi connectivity index (χ2v) is 14.3. The van der Waals surface area contributed by atoms with E-state index >= 15 is 0 Å². The lowest BCUT2D eigenvalue weighted by atomic mass is 9.67. The van der Waals surface area contributed by atoms with Crippen molar-refractivity contribution in [1.82, 2.24) is 0 Å². The summed E-state index contributed by atoms with van der Waals surface area (Å²) in [6.45, 7) is 5.80. The van der Waals surface area contributed by atoms with Gasteiger partial charge in [0.05, 0.1) is 17.9 Å². The van der Waals surface area contributed by atoms with Crippen molar-refractivity contribution >= 4 is 27.9 Å². The molecule has 1 atom stereocenters. The summed E-state index contributed by atoms with van der Waals surface area (Å²) < 4.78 is 8.02. The zero-order valence-electron chi connectivity index (χ0n) is 28.9. The molecule has 0 radical (unpaired) electrons. The van der Waals surface area contributed by atoms with E-state index in [4.69, 9.17) is 4.74 Å². The molecule has 0 saturated heterocycles. The number of hydrogen-bond donors (Lipinski definition) is 0. The Bertz CT molecular complexity index is 1840. The second-order valence-electron chi connectivity index (χ2n) is 14.3. The van der Waals surface area contributed by atoms with E-state index in [0.717, 1.165) is 18.7 Å². The van der Waals surface area contributed by atoms with Crippen LogP contribution >= 0.6 is 0 Å². The molecule has 3 heteroatoms. The van der Waals surface area contributed by atoms with E-state index in [0.29, 0.717) is 0 Å². The summed E-state index contributed by atoms with van der Waals surface area (Å²) >= 11 is 0. The van der Waals surface area contributed by atoms with E-state index < -0.39 is 0 Å². The third-order valence-corrected chi connectivity index (χ3v) is 11.4. The summed E-state index contributed by atoms with van der Waals surface area (Å²) in [7, 11) is 4.05. The highest BCUT2D eigenvalue weighted by Gasteiger charge is 2.51. The van der Waals surface area contributed by atoms with Gasteiger partial charge in [0.25, 0.3) is 0 Å². The highest BCUT2D eigenvalue weighted by molar-refractivity contribution is 6.07. The molecule has 2 heterocycles. The molecule has 1 fully saturated rings. The molecule has 47 heavy (non-hydrogen) atoms. The van der Waals surface area contributed by atoms with Gasteiger partial charge in [-0.2, -0.15) is 4.58 Å². The SMILES string of the molecule is CCCCCCN1C(=CC=CC2=[N+](C)c3c(ccc4ccccc34)C23CCCCC3)C(C)(Cc2ccc(OC)cc2)c2ccccc21. The summed E-state index contributed by atoms with van der Waals surface area (Å²) in [5.74, 6) is 0.907. The first kappa shape index (κ1) is 31.5. The molecule has 4 aromatic carbocycles. The fourth-order valence-electron chi connectivity index (χ4n) is 9.05. The maximum absolute atomic E-state index is 5.49. The van der Waals surface area contributed by atoms with Crippen molar-refractivity contribution in [3.63, 3.8) is 0 Å². The van der Waals surface area contributed by atoms with E-state index in [2.05, 4.69) is 134 Å². The Balaban J connectivity index is 1.32. The van der Waals surface area contributed by atoms with Crippen molar-refractivity contribution in [2.45, 2.75) is 88.9 Å². The van der Waals surface area contributed by atoms with Crippen molar-refractivity contribution in [2.24, 2.45) is 0 Å². The average Bonchev–Trinajstić information content (AvgIpc) is 3.47. The smallest absolute Gasteiger partial charge is 0.217 e. The molecule has 1 saturated carbocycles. The van der Waals surface area contributed by atoms with Crippen LogP contribution in [-0.4, -0.2) is 31.0 Å². The fourth-order valence-corrected chi connectivity index (χ4v) is 9.05. The molecule has 0 aromatic heterocycles. The zero-order valence-corrected chi connectivity index (χ0v) is 28.9. The minimum Gasteiger partial charge on any atom is -0.497 e. The van der Waals surface area contributed by atoms with Crippen LogP contribution in [0.1, 0.15) is 88.3 Å². The molecular formula is C44H51N2O+. The van der Waals surface area contributed by atoms with Gasteiger partial charge in [0.1, 0.15) is 12.8 Å². The Hall–Kier alpha value is -4.11. The van der Waals surface area contributed by atoms with Crippen LogP contribution in [0.25, 0.3) is 10.8 Å². The first-order chi connectivity index (χ1) is 23.0. The maximum Gasteiger partial charge on any atom is 0.217 e. The fraction of sp³-hybridized carbons (Fsp3) is 0.386. The van der Waals surface area contributed by atoms with Gasteiger partial charge >= 0.3 is 0 Å². The number of nitrogens with zero attached hydrogens (tertiary/aromatic N) is 2. The Morgan fingerprint density at radius 3 is 2.38 bits per heavy atom. The van der Waals surface area contributed by atoms with Crippen molar-refractivity contribution in [1.29, 1.82) is 0 Å². The van der Waals surface area contributed by atoms with Crippen molar-refractivity contribution in [3.05, 3.63) is 126 Å². The lowest BCUT2D eigenvalue weighted by Gasteiger charge is -2.32. The van der Waals surface area contributed by atoms with Crippen LogP contribution in [0, 0.1) is 0 Å². The summed E-state index contributed by atoms with van der Waals surface area (Å²) in [6, 6.07) is 31.5. The second kappa shape index (κ2) is 13.2. The molecule has 4 aromatic rings. The number of unbranched alkanes of at least 4 members (excludes halogenated alkanes) is 3. The van der Waals surface area contributed by atoms with Gasteiger partial charge in [0, 0.05) is 35.0 Å². The molecule has 7 rings (SSSR count). The molecule has 1 spiro atoms. The number of allylic oxidation sites excluding steroid dienone is 4. The third-order valence-electron chi connectivity index (χ3n) is 11.4. The van der Waals surface area contributed by atoms with Gasteiger partial charge in [-0.3, -0.25) is 0 Å². The van der Waals surface area contributed by atoms with Gasteiger partial charge in [-0.05, 0) is 79.5 Å².